The highest BCUT2D eigenvalue weighted by Gasteiger charge is 2.41. The molecule has 27 heavy (non-hydrogen) atoms. The maximum atomic E-state index is 13.0. The summed E-state index contributed by atoms with van der Waals surface area (Å²) in [5.74, 6) is 0.00105. The van der Waals surface area contributed by atoms with Crippen LogP contribution in [0.15, 0.2) is 34.7 Å². The number of ketones is 1. The molecule has 1 aromatic heterocycles. The van der Waals surface area contributed by atoms with Gasteiger partial charge in [-0.25, -0.2) is 0 Å². The highest BCUT2D eigenvalue weighted by atomic mass is 32.1. The Bertz CT molecular complexity index is 835. The fourth-order valence-electron chi connectivity index (χ4n) is 4.28. The lowest BCUT2D eigenvalue weighted by molar-refractivity contribution is -0.118. The number of rotatable bonds is 6. The lowest BCUT2D eigenvalue weighted by Gasteiger charge is -2.38. The molecule has 0 bridgehead atoms. The molecule has 0 aromatic carbocycles. The molecule has 1 N–H and O–H groups in total. The van der Waals surface area contributed by atoms with Crippen LogP contribution in [-0.4, -0.2) is 5.78 Å². The highest BCUT2D eigenvalue weighted by molar-refractivity contribution is 7.12. The number of carbonyl (C=O) groups is 1. The molecule has 0 spiro atoms. The second-order valence-electron chi connectivity index (χ2n) is 8.66. The molecule has 4 heteroatoms. The molecule has 1 aliphatic carbocycles. The van der Waals surface area contributed by atoms with Gasteiger partial charge in [-0.1, -0.05) is 40.0 Å². The lowest BCUT2D eigenvalue weighted by atomic mass is 9.70. The van der Waals surface area contributed by atoms with Gasteiger partial charge in [-0.3, -0.25) is 4.79 Å². The zero-order valence-corrected chi connectivity index (χ0v) is 17.8. The summed E-state index contributed by atoms with van der Waals surface area (Å²) in [5.41, 5.74) is 3.41. The maximum Gasteiger partial charge on any atom is 0.162 e. The van der Waals surface area contributed by atoms with E-state index in [-0.39, 0.29) is 17.1 Å². The van der Waals surface area contributed by atoms with Gasteiger partial charge in [-0.2, -0.15) is 5.26 Å². The molecule has 3 rings (SSSR count). The quantitative estimate of drug-likeness (QED) is 0.614. The summed E-state index contributed by atoms with van der Waals surface area (Å²) in [7, 11) is 0. The summed E-state index contributed by atoms with van der Waals surface area (Å²) in [6.07, 6.45) is 7.51. The van der Waals surface area contributed by atoms with Gasteiger partial charge in [0.1, 0.15) is 0 Å². The second-order valence-corrected chi connectivity index (χ2v) is 9.86. The van der Waals surface area contributed by atoms with Crippen LogP contribution in [-0.2, 0) is 11.2 Å². The fraction of sp³-hybridized carbons (Fsp3) is 0.565. The summed E-state index contributed by atoms with van der Waals surface area (Å²) >= 11 is 1.78. The summed E-state index contributed by atoms with van der Waals surface area (Å²) < 4.78 is 0. The monoisotopic (exact) mass is 382 g/mol. The van der Waals surface area contributed by atoms with Crippen molar-refractivity contribution in [3.63, 3.8) is 0 Å². The van der Waals surface area contributed by atoms with Gasteiger partial charge in [-0.15, -0.1) is 11.3 Å². The summed E-state index contributed by atoms with van der Waals surface area (Å²) in [6, 6.07) is 6.71. The van der Waals surface area contributed by atoms with E-state index in [1.165, 1.54) is 30.6 Å². The number of nitriles is 1. The van der Waals surface area contributed by atoms with Crippen molar-refractivity contribution in [3.8, 4) is 6.07 Å². The van der Waals surface area contributed by atoms with Crippen molar-refractivity contribution in [2.75, 3.05) is 0 Å². The van der Waals surface area contributed by atoms with Gasteiger partial charge in [0.15, 0.2) is 5.78 Å². The lowest BCUT2D eigenvalue weighted by Crippen LogP contribution is -2.36. The van der Waals surface area contributed by atoms with Crippen LogP contribution in [0.3, 0.4) is 0 Å². The molecule has 0 saturated carbocycles. The fourth-order valence-corrected chi connectivity index (χ4v) is 5.45. The standard InChI is InChI=1S/C23H30N2OS/c1-5-6-7-8-9-16-10-11-20(27-16)21-17(14-24)15(2)25-18-12-23(3,4)13-19(26)22(18)21/h10-11,21,25H,5-9,12-13H2,1-4H3. The molecular formula is C23H30N2OS. The zero-order valence-electron chi connectivity index (χ0n) is 16.9. The van der Waals surface area contributed by atoms with E-state index in [9.17, 15) is 10.1 Å². The number of nitrogens with zero attached hydrogens (tertiary/aromatic N) is 1. The van der Waals surface area contributed by atoms with Crippen molar-refractivity contribution in [2.45, 2.75) is 78.6 Å². The van der Waals surface area contributed by atoms with Crippen LogP contribution < -0.4 is 5.32 Å². The van der Waals surface area contributed by atoms with E-state index >= 15 is 0 Å². The van der Waals surface area contributed by atoms with Crippen molar-refractivity contribution >= 4 is 17.1 Å². The number of hydrogen-bond donors (Lipinski definition) is 1. The van der Waals surface area contributed by atoms with Gasteiger partial charge < -0.3 is 5.32 Å². The van der Waals surface area contributed by atoms with Crippen molar-refractivity contribution in [1.82, 2.24) is 5.32 Å². The molecule has 0 amide bonds. The van der Waals surface area contributed by atoms with Crippen molar-refractivity contribution < 1.29 is 4.79 Å². The second kappa shape index (κ2) is 8.02. The van der Waals surface area contributed by atoms with Crippen LogP contribution in [0.4, 0.5) is 0 Å². The average Bonchev–Trinajstić information content (AvgIpc) is 3.05. The third kappa shape index (κ3) is 4.19. The summed E-state index contributed by atoms with van der Waals surface area (Å²) in [4.78, 5) is 15.5. The Morgan fingerprint density at radius 2 is 2.04 bits per heavy atom. The molecule has 1 aliphatic heterocycles. The number of nitrogens with one attached hydrogen (secondary N) is 1. The van der Waals surface area contributed by atoms with Gasteiger partial charge in [0.2, 0.25) is 0 Å². The van der Waals surface area contributed by atoms with Gasteiger partial charge in [0.05, 0.1) is 17.6 Å². The molecule has 0 radical (unpaired) electrons. The number of aryl methyl sites for hydroxylation is 1. The van der Waals surface area contributed by atoms with Crippen LogP contribution in [0.25, 0.3) is 0 Å². The molecule has 1 aromatic rings. The van der Waals surface area contributed by atoms with E-state index < -0.39 is 0 Å². The Kier molecular flexibility index (Phi) is 5.91. The predicted molar refractivity (Wildman–Crippen MR) is 111 cm³/mol. The molecule has 2 aliphatic rings. The van der Waals surface area contributed by atoms with E-state index in [1.807, 2.05) is 6.92 Å². The first-order valence-electron chi connectivity index (χ1n) is 10.1. The molecule has 1 unspecified atom stereocenters. The predicted octanol–water partition coefficient (Wildman–Crippen LogP) is 6.00. The van der Waals surface area contributed by atoms with E-state index in [0.717, 1.165) is 34.7 Å². The normalized spacial score (nSPS) is 21.7. The van der Waals surface area contributed by atoms with E-state index in [4.69, 9.17) is 0 Å². The van der Waals surface area contributed by atoms with Crippen LogP contribution in [0.1, 0.15) is 81.9 Å². The number of allylic oxidation sites excluding steroid dienone is 4. The van der Waals surface area contributed by atoms with Crippen molar-refractivity contribution in [2.24, 2.45) is 5.41 Å². The highest BCUT2D eigenvalue weighted by Crippen LogP contribution is 2.47. The minimum Gasteiger partial charge on any atom is -0.361 e. The number of hydrogen-bond acceptors (Lipinski definition) is 4. The third-order valence-electron chi connectivity index (χ3n) is 5.60. The molecular weight excluding hydrogens is 352 g/mol. The zero-order chi connectivity index (χ0) is 19.6. The Balaban J connectivity index is 1.92. The number of dihydropyridines is 1. The molecule has 0 saturated heterocycles. The number of carbonyl (C=O) groups excluding carboxylic acids is 1. The minimum atomic E-state index is -0.191. The van der Waals surface area contributed by atoms with Gasteiger partial charge in [0.25, 0.3) is 0 Å². The topological polar surface area (TPSA) is 52.9 Å². The molecule has 1 atom stereocenters. The smallest absolute Gasteiger partial charge is 0.162 e. The summed E-state index contributed by atoms with van der Waals surface area (Å²) in [6.45, 7) is 8.47. The van der Waals surface area contributed by atoms with E-state index in [0.29, 0.717) is 12.0 Å². The number of Topliss-reactive ketones (excluding diaryl/α,β-unsaturated/α-hetero) is 1. The molecule has 0 fully saturated rings. The molecule has 2 heterocycles. The van der Waals surface area contributed by atoms with Crippen molar-refractivity contribution in [3.05, 3.63) is 44.4 Å². The SMILES string of the molecule is CCCCCCc1ccc(C2C(C#N)=C(C)NC3=C2C(=O)CC(C)(C)C3)s1. The first-order valence-corrected chi connectivity index (χ1v) is 10.9. The maximum absolute atomic E-state index is 13.0. The average molecular weight is 383 g/mol. The van der Waals surface area contributed by atoms with Crippen molar-refractivity contribution in [1.29, 1.82) is 5.26 Å². The van der Waals surface area contributed by atoms with Crippen LogP contribution in [0.5, 0.6) is 0 Å². The minimum absolute atomic E-state index is 0.0300. The summed E-state index contributed by atoms with van der Waals surface area (Å²) in [5, 5.41) is 13.2. The first kappa shape index (κ1) is 19.9. The molecule has 144 valence electrons. The Labute approximate surface area is 167 Å². The largest absolute Gasteiger partial charge is 0.361 e. The van der Waals surface area contributed by atoms with Gasteiger partial charge in [0, 0.05) is 33.1 Å². The van der Waals surface area contributed by atoms with Gasteiger partial charge >= 0.3 is 0 Å². The van der Waals surface area contributed by atoms with E-state index in [2.05, 4.69) is 44.3 Å². The number of unbranched alkanes of at least 4 members (excludes halogenated alkanes) is 3. The number of thiophene rings is 1. The first-order chi connectivity index (χ1) is 12.9. The van der Waals surface area contributed by atoms with Crippen LogP contribution in [0.2, 0.25) is 0 Å². The van der Waals surface area contributed by atoms with E-state index in [1.54, 1.807) is 11.3 Å². The van der Waals surface area contributed by atoms with Crippen LogP contribution in [0, 0.1) is 16.7 Å². The van der Waals surface area contributed by atoms with Gasteiger partial charge in [-0.05, 0) is 43.7 Å². The Morgan fingerprint density at radius 1 is 1.26 bits per heavy atom. The van der Waals surface area contributed by atoms with Crippen LogP contribution >= 0.6 is 11.3 Å². The Hall–Kier alpha value is -1.86. The third-order valence-corrected chi connectivity index (χ3v) is 6.81. The Morgan fingerprint density at radius 3 is 2.74 bits per heavy atom. The molecule has 3 nitrogen and oxygen atoms in total.